The molecule has 112 valence electrons. The fourth-order valence-corrected chi connectivity index (χ4v) is 2.80. The molecule has 0 saturated carbocycles. The van der Waals surface area contributed by atoms with E-state index in [4.69, 9.17) is 0 Å². The number of hydrogen-bond donors (Lipinski definition) is 0. The van der Waals surface area contributed by atoms with Gasteiger partial charge in [0.2, 0.25) is 0 Å². The Labute approximate surface area is 130 Å². The van der Waals surface area contributed by atoms with Crippen LogP contribution in [0.4, 0.5) is 0 Å². The van der Waals surface area contributed by atoms with Gasteiger partial charge in [-0.1, -0.05) is 55.5 Å². The number of aromatic nitrogens is 1. The Bertz CT molecular complexity index is 761. The molecule has 0 saturated heterocycles. The van der Waals surface area contributed by atoms with Crippen molar-refractivity contribution < 1.29 is 4.79 Å². The van der Waals surface area contributed by atoms with Gasteiger partial charge >= 0.3 is 0 Å². The Balaban J connectivity index is 1.86. The van der Waals surface area contributed by atoms with Gasteiger partial charge in [0.05, 0.1) is 6.67 Å². The van der Waals surface area contributed by atoms with Gasteiger partial charge in [-0.05, 0) is 18.2 Å². The number of carbonyl (C=O) groups excluding carboxylic acids is 1. The third kappa shape index (κ3) is 2.95. The molecule has 0 amide bonds. The predicted molar refractivity (Wildman–Crippen MR) is 89.9 cm³/mol. The lowest BCUT2D eigenvalue weighted by Crippen LogP contribution is -2.25. The van der Waals surface area contributed by atoms with E-state index in [1.54, 1.807) is 0 Å². The van der Waals surface area contributed by atoms with Crippen LogP contribution in [0.1, 0.15) is 22.8 Å². The molecule has 0 bridgehead atoms. The van der Waals surface area contributed by atoms with Gasteiger partial charge in [0.1, 0.15) is 0 Å². The maximum atomic E-state index is 11.3. The summed E-state index contributed by atoms with van der Waals surface area (Å²) in [6.45, 7) is 4.80. The minimum atomic E-state index is 0.756. The SMILES string of the molecule is CCN(Cc1ccccc1)Cn1cc(C=O)c2ccccc21. The minimum absolute atomic E-state index is 0.756. The first-order valence-corrected chi connectivity index (χ1v) is 7.61. The fourth-order valence-electron chi connectivity index (χ4n) is 2.80. The van der Waals surface area contributed by atoms with Crippen molar-refractivity contribution in [3.8, 4) is 0 Å². The number of hydrogen-bond acceptors (Lipinski definition) is 2. The van der Waals surface area contributed by atoms with Gasteiger partial charge in [-0.15, -0.1) is 0 Å². The molecule has 2 aromatic carbocycles. The summed E-state index contributed by atoms with van der Waals surface area (Å²) in [5.74, 6) is 0. The number of benzene rings is 2. The zero-order valence-corrected chi connectivity index (χ0v) is 12.8. The minimum Gasteiger partial charge on any atom is -0.333 e. The lowest BCUT2D eigenvalue weighted by atomic mass is 10.2. The number of para-hydroxylation sites is 1. The fraction of sp³-hybridized carbons (Fsp3) is 0.211. The Morgan fingerprint density at radius 1 is 1.05 bits per heavy atom. The second kappa shape index (κ2) is 6.58. The first-order chi connectivity index (χ1) is 10.8. The van der Waals surface area contributed by atoms with Crippen molar-refractivity contribution in [2.75, 3.05) is 6.54 Å². The molecule has 22 heavy (non-hydrogen) atoms. The third-order valence-corrected chi connectivity index (χ3v) is 3.99. The van der Waals surface area contributed by atoms with Gasteiger partial charge in [-0.2, -0.15) is 0 Å². The smallest absolute Gasteiger partial charge is 0.152 e. The van der Waals surface area contributed by atoms with Crippen LogP contribution in [-0.4, -0.2) is 22.3 Å². The van der Waals surface area contributed by atoms with Crippen molar-refractivity contribution in [1.29, 1.82) is 0 Å². The Hall–Kier alpha value is -2.39. The first kappa shape index (κ1) is 14.5. The summed E-state index contributed by atoms with van der Waals surface area (Å²) in [5.41, 5.74) is 3.17. The molecule has 3 heteroatoms. The molecule has 3 aromatic rings. The van der Waals surface area contributed by atoms with Crippen molar-refractivity contribution >= 4 is 17.2 Å². The van der Waals surface area contributed by atoms with E-state index >= 15 is 0 Å². The van der Waals surface area contributed by atoms with E-state index < -0.39 is 0 Å². The van der Waals surface area contributed by atoms with E-state index in [1.165, 1.54) is 5.56 Å². The van der Waals surface area contributed by atoms with E-state index in [0.29, 0.717) is 0 Å². The van der Waals surface area contributed by atoms with Crippen molar-refractivity contribution in [3.05, 3.63) is 71.9 Å². The number of aldehydes is 1. The molecule has 0 spiro atoms. The lowest BCUT2D eigenvalue weighted by molar-refractivity contribution is 0.112. The maximum Gasteiger partial charge on any atom is 0.152 e. The zero-order valence-electron chi connectivity index (χ0n) is 12.8. The van der Waals surface area contributed by atoms with E-state index in [0.717, 1.165) is 42.5 Å². The van der Waals surface area contributed by atoms with Crippen LogP contribution in [0.25, 0.3) is 10.9 Å². The van der Waals surface area contributed by atoms with Gasteiger partial charge in [0.15, 0.2) is 6.29 Å². The second-order valence-electron chi connectivity index (χ2n) is 5.46. The van der Waals surface area contributed by atoms with Crippen LogP contribution in [0.3, 0.4) is 0 Å². The summed E-state index contributed by atoms with van der Waals surface area (Å²) < 4.78 is 2.16. The van der Waals surface area contributed by atoms with Crippen molar-refractivity contribution in [3.63, 3.8) is 0 Å². The van der Waals surface area contributed by atoms with E-state index in [-0.39, 0.29) is 0 Å². The van der Waals surface area contributed by atoms with Crippen LogP contribution in [0, 0.1) is 0 Å². The number of rotatable bonds is 6. The quantitative estimate of drug-likeness (QED) is 0.643. The van der Waals surface area contributed by atoms with Crippen molar-refractivity contribution in [2.45, 2.75) is 20.1 Å². The van der Waals surface area contributed by atoms with Crippen LogP contribution in [0.2, 0.25) is 0 Å². The average Bonchev–Trinajstić information content (AvgIpc) is 2.93. The molecule has 0 fully saturated rings. The molecular formula is C19H20N2O. The van der Waals surface area contributed by atoms with Gasteiger partial charge in [-0.3, -0.25) is 9.69 Å². The number of nitrogens with zero attached hydrogens (tertiary/aromatic N) is 2. The Kier molecular flexibility index (Phi) is 4.35. The topological polar surface area (TPSA) is 25.2 Å². The van der Waals surface area contributed by atoms with Gasteiger partial charge in [0.25, 0.3) is 0 Å². The molecule has 0 unspecified atom stereocenters. The summed E-state index contributed by atoms with van der Waals surface area (Å²) in [6.07, 6.45) is 2.89. The van der Waals surface area contributed by atoms with Crippen molar-refractivity contribution in [1.82, 2.24) is 9.47 Å². The largest absolute Gasteiger partial charge is 0.333 e. The summed E-state index contributed by atoms with van der Waals surface area (Å²) in [5, 5.41) is 1.02. The van der Waals surface area contributed by atoms with Gasteiger partial charge < -0.3 is 4.57 Å². The standard InChI is InChI=1S/C19H20N2O/c1-2-20(12-16-8-4-3-5-9-16)15-21-13-17(14-22)18-10-6-7-11-19(18)21/h3-11,13-14H,2,12,15H2,1H3. The summed E-state index contributed by atoms with van der Waals surface area (Å²) >= 11 is 0. The van der Waals surface area contributed by atoms with Gasteiger partial charge in [-0.25, -0.2) is 0 Å². The molecule has 3 nitrogen and oxygen atoms in total. The molecule has 0 aliphatic rings. The van der Waals surface area contributed by atoms with Crippen LogP contribution >= 0.6 is 0 Å². The van der Waals surface area contributed by atoms with E-state index in [9.17, 15) is 4.79 Å². The normalized spacial score (nSPS) is 11.2. The molecule has 1 heterocycles. The van der Waals surface area contributed by atoms with Crippen LogP contribution in [0.15, 0.2) is 60.8 Å². The average molecular weight is 292 g/mol. The molecule has 0 aliphatic carbocycles. The molecule has 0 aliphatic heterocycles. The maximum absolute atomic E-state index is 11.3. The Morgan fingerprint density at radius 2 is 1.77 bits per heavy atom. The summed E-state index contributed by atoms with van der Waals surface area (Å²) in [7, 11) is 0. The predicted octanol–water partition coefficient (Wildman–Crippen LogP) is 3.93. The third-order valence-electron chi connectivity index (χ3n) is 3.99. The highest BCUT2D eigenvalue weighted by Crippen LogP contribution is 2.20. The number of carbonyl (C=O) groups is 1. The van der Waals surface area contributed by atoms with Crippen LogP contribution in [0.5, 0.6) is 0 Å². The highest BCUT2D eigenvalue weighted by molar-refractivity contribution is 5.97. The second-order valence-corrected chi connectivity index (χ2v) is 5.46. The zero-order chi connectivity index (χ0) is 15.4. The molecule has 0 radical (unpaired) electrons. The summed E-state index contributed by atoms with van der Waals surface area (Å²) in [6, 6.07) is 18.5. The van der Waals surface area contributed by atoms with Crippen LogP contribution in [-0.2, 0) is 13.2 Å². The first-order valence-electron chi connectivity index (χ1n) is 7.61. The lowest BCUT2D eigenvalue weighted by Gasteiger charge is -2.21. The highest BCUT2D eigenvalue weighted by atomic mass is 16.1. The van der Waals surface area contributed by atoms with Crippen molar-refractivity contribution in [2.24, 2.45) is 0 Å². The highest BCUT2D eigenvalue weighted by Gasteiger charge is 2.10. The summed E-state index contributed by atoms with van der Waals surface area (Å²) in [4.78, 5) is 13.6. The number of fused-ring (bicyclic) bond motifs is 1. The van der Waals surface area contributed by atoms with Gasteiger partial charge in [0, 0.05) is 29.2 Å². The molecule has 3 rings (SSSR count). The molecule has 1 aromatic heterocycles. The van der Waals surface area contributed by atoms with E-state index in [2.05, 4.69) is 46.7 Å². The molecular weight excluding hydrogens is 272 g/mol. The molecule has 0 atom stereocenters. The van der Waals surface area contributed by atoms with E-state index in [1.807, 2.05) is 30.5 Å². The van der Waals surface area contributed by atoms with Crippen LogP contribution < -0.4 is 0 Å². The Morgan fingerprint density at radius 3 is 2.50 bits per heavy atom. The molecule has 0 N–H and O–H groups in total. The monoisotopic (exact) mass is 292 g/mol.